The molecule has 0 aliphatic rings. The molecule has 0 atom stereocenters. The molecule has 2 aromatic carbocycles. The summed E-state index contributed by atoms with van der Waals surface area (Å²) in [6.45, 7) is 4.26. The molecule has 148 valence electrons. The van der Waals surface area contributed by atoms with Gasteiger partial charge in [0.1, 0.15) is 12.4 Å². The molecular formula is C23H22N2O4. The number of pyridine rings is 1. The predicted octanol–water partition coefficient (Wildman–Crippen LogP) is 3.58. The zero-order chi connectivity index (χ0) is 20.6. The van der Waals surface area contributed by atoms with E-state index in [9.17, 15) is 15.0 Å². The fourth-order valence-corrected chi connectivity index (χ4v) is 2.82. The lowest BCUT2D eigenvalue weighted by atomic mass is 10.00. The molecule has 0 aliphatic carbocycles. The van der Waals surface area contributed by atoms with E-state index < -0.39 is 0 Å². The van der Waals surface area contributed by atoms with Gasteiger partial charge in [0.2, 0.25) is 5.91 Å². The molecule has 0 bridgehead atoms. The lowest BCUT2D eigenvalue weighted by Crippen LogP contribution is -2.23. The Hall–Kier alpha value is -3.80. The van der Waals surface area contributed by atoms with Crippen molar-refractivity contribution in [2.45, 2.75) is 13.0 Å². The van der Waals surface area contributed by atoms with E-state index in [0.717, 1.165) is 16.7 Å². The Bertz CT molecular complexity index is 1000. The first-order valence-corrected chi connectivity index (χ1v) is 9.14. The molecule has 1 amide bonds. The van der Waals surface area contributed by atoms with Crippen LogP contribution in [-0.2, 0) is 17.8 Å². The Morgan fingerprint density at radius 3 is 2.69 bits per heavy atom. The van der Waals surface area contributed by atoms with Gasteiger partial charge in [-0.25, -0.2) is 0 Å². The second-order valence-electron chi connectivity index (χ2n) is 6.43. The zero-order valence-corrected chi connectivity index (χ0v) is 15.8. The third-order valence-electron chi connectivity index (χ3n) is 4.35. The highest BCUT2D eigenvalue weighted by Gasteiger charge is 2.11. The molecule has 3 rings (SSSR count). The van der Waals surface area contributed by atoms with E-state index in [2.05, 4.69) is 16.9 Å². The van der Waals surface area contributed by atoms with E-state index in [1.54, 1.807) is 18.5 Å². The third-order valence-corrected chi connectivity index (χ3v) is 4.35. The van der Waals surface area contributed by atoms with Gasteiger partial charge in [0.05, 0.1) is 0 Å². The average Bonchev–Trinajstić information content (AvgIpc) is 2.75. The van der Waals surface area contributed by atoms with Gasteiger partial charge in [-0.2, -0.15) is 0 Å². The number of aromatic nitrogens is 1. The summed E-state index contributed by atoms with van der Waals surface area (Å²) < 4.78 is 6.00. The summed E-state index contributed by atoms with van der Waals surface area (Å²) in [4.78, 5) is 15.4. The zero-order valence-electron chi connectivity index (χ0n) is 15.8. The van der Waals surface area contributed by atoms with Crippen molar-refractivity contribution < 1.29 is 19.7 Å². The summed E-state index contributed by atoms with van der Waals surface area (Å²) in [6.07, 6.45) is 5.30. The maximum absolute atomic E-state index is 11.3. The first kappa shape index (κ1) is 19.9. The van der Waals surface area contributed by atoms with Gasteiger partial charge < -0.3 is 20.3 Å². The fourth-order valence-electron chi connectivity index (χ4n) is 2.82. The van der Waals surface area contributed by atoms with Gasteiger partial charge >= 0.3 is 0 Å². The maximum atomic E-state index is 11.3. The maximum Gasteiger partial charge on any atom is 0.243 e. The van der Waals surface area contributed by atoms with Crippen molar-refractivity contribution >= 4 is 5.91 Å². The number of ether oxygens (including phenoxy) is 1. The van der Waals surface area contributed by atoms with Crippen LogP contribution >= 0.6 is 0 Å². The molecule has 1 heterocycles. The second-order valence-corrected chi connectivity index (χ2v) is 6.43. The van der Waals surface area contributed by atoms with E-state index in [-0.39, 0.29) is 17.4 Å². The van der Waals surface area contributed by atoms with Crippen LogP contribution in [0.4, 0.5) is 0 Å². The van der Waals surface area contributed by atoms with E-state index >= 15 is 0 Å². The molecule has 0 fully saturated rings. The predicted molar refractivity (Wildman–Crippen MR) is 111 cm³/mol. The summed E-state index contributed by atoms with van der Waals surface area (Å²) >= 11 is 0. The minimum absolute atomic E-state index is 0.185. The van der Waals surface area contributed by atoms with Crippen LogP contribution in [0.1, 0.15) is 11.1 Å². The van der Waals surface area contributed by atoms with Crippen LogP contribution in [-0.4, -0.2) is 27.6 Å². The number of rotatable bonds is 8. The van der Waals surface area contributed by atoms with Crippen LogP contribution in [0.2, 0.25) is 0 Å². The van der Waals surface area contributed by atoms with Gasteiger partial charge in [-0.3, -0.25) is 9.78 Å². The summed E-state index contributed by atoms with van der Waals surface area (Å²) in [5, 5.41) is 22.3. The van der Waals surface area contributed by atoms with Crippen molar-refractivity contribution in [3.63, 3.8) is 0 Å². The first-order chi connectivity index (χ1) is 14.1. The van der Waals surface area contributed by atoms with Crippen molar-refractivity contribution in [2.75, 3.05) is 6.54 Å². The number of carbonyl (C=O) groups excluding carboxylic acids is 1. The quantitative estimate of drug-likeness (QED) is 0.404. The third kappa shape index (κ3) is 5.35. The van der Waals surface area contributed by atoms with Crippen molar-refractivity contribution in [2.24, 2.45) is 0 Å². The monoisotopic (exact) mass is 390 g/mol. The minimum atomic E-state index is -0.217. The lowest BCUT2D eigenvalue weighted by Gasteiger charge is -2.14. The fraction of sp³-hybridized carbons (Fsp3) is 0.130. The number of nitrogens with one attached hydrogen (secondary N) is 1. The molecule has 0 unspecified atom stereocenters. The van der Waals surface area contributed by atoms with E-state index in [1.165, 1.54) is 18.2 Å². The highest BCUT2D eigenvalue weighted by Crippen LogP contribution is 2.36. The van der Waals surface area contributed by atoms with Crippen LogP contribution in [0.3, 0.4) is 0 Å². The molecule has 0 saturated carbocycles. The van der Waals surface area contributed by atoms with Crippen LogP contribution in [0.25, 0.3) is 11.1 Å². The topological polar surface area (TPSA) is 91.7 Å². The number of phenolic OH excluding ortho intramolecular Hbond substituents is 2. The van der Waals surface area contributed by atoms with Gasteiger partial charge in [-0.05, 0) is 54.0 Å². The Labute approximate surface area is 169 Å². The first-order valence-electron chi connectivity index (χ1n) is 9.14. The number of carbonyl (C=O) groups is 1. The normalized spacial score (nSPS) is 10.3. The molecule has 0 saturated heterocycles. The Kier molecular flexibility index (Phi) is 6.47. The molecule has 29 heavy (non-hydrogen) atoms. The van der Waals surface area contributed by atoms with E-state index in [4.69, 9.17) is 4.74 Å². The Balaban J connectivity index is 1.86. The molecule has 0 aliphatic heterocycles. The number of hydrogen-bond acceptors (Lipinski definition) is 5. The smallest absolute Gasteiger partial charge is 0.243 e. The molecule has 0 spiro atoms. The number of amides is 1. The van der Waals surface area contributed by atoms with Crippen LogP contribution in [0, 0.1) is 0 Å². The minimum Gasteiger partial charge on any atom is -0.504 e. The largest absolute Gasteiger partial charge is 0.504 e. The van der Waals surface area contributed by atoms with Crippen molar-refractivity contribution in [1.29, 1.82) is 0 Å². The number of aromatic hydroxyl groups is 2. The van der Waals surface area contributed by atoms with Crippen LogP contribution in [0.15, 0.2) is 73.6 Å². The summed E-state index contributed by atoms with van der Waals surface area (Å²) in [5.41, 5.74) is 3.41. The van der Waals surface area contributed by atoms with Crippen molar-refractivity contribution in [1.82, 2.24) is 10.3 Å². The summed E-state index contributed by atoms with van der Waals surface area (Å²) in [6, 6.07) is 14.2. The average molecular weight is 390 g/mol. The number of hydrogen-bond donors (Lipinski definition) is 3. The molecular weight excluding hydrogens is 368 g/mol. The van der Waals surface area contributed by atoms with E-state index in [1.807, 2.05) is 30.3 Å². The Morgan fingerprint density at radius 2 is 1.97 bits per heavy atom. The number of nitrogens with zero attached hydrogens (tertiary/aromatic N) is 1. The van der Waals surface area contributed by atoms with Crippen molar-refractivity contribution in [3.8, 4) is 28.4 Å². The van der Waals surface area contributed by atoms with Gasteiger partial charge in [-0.1, -0.05) is 24.8 Å². The van der Waals surface area contributed by atoms with Gasteiger partial charge in [0.15, 0.2) is 11.5 Å². The number of benzene rings is 2. The van der Waals surface area contributed by atoms with Gasteiger partial charge in [0.25, 0.3) is 0 Å². The molecule has 6 heteroatoms. The molecule has 3 aromatic rings. The highest BCUT2D eigenvalue weighted by atomic mass is 16.5. The Morgan fingerprint density at radius 1 is 1.10 bits per heavy atom. The SMILES string of the molecule is C=CC(=O)NCCc1ccc(OCc2cccnc2)c(-c2ccc(O)c(O)c2)c1. The second kappa shape index (κ2) is 9.41. The molecule has 1 aromatic heterocycles. The van der Waals surface area contributed by atoms with Crippen molar-refractivity contribution in [3.05, 3.63) is 84.7 Å². The lowest BCUT2D eigenvalue weighted by molar-refractivity contribution is -0.116. The highest BCUT2D eigenvalue weighted by molar-refractivity contribution is 5.86. The van der Waals surface area contributed by atoms with E-state index in [0.29, 0.717) is 30.9 Å². The number of phenols is 2. The van der Waals surface area contributed by atoms with Gasteiger partial charge in [-0.15, -0.1) is 0 Å². The molecule has 0 radical (unpaired) electrons. The van der Waals surface area contributed by atoms with Gasteiger partial charge in [0, 0.05) is 30.1 Å². The molecule has 6 nitrogen and oxygen atoms in total. The summed E-state index contributed by atoms with van der Waals surface area (Å²) in [5.74, 6) is 0.0298. The molecule has 3 N–H and O–H groups in total. The summed E-state index contributed by atoms with van der Waals surface area (Å²) in [7, 11) is 0. The standard InChI is InChI=1S/C23H22N2O4/c1-2-23(28)25-11-9-16-5-8-22(29-15-17-4-3-10-24-14-17)19(12-16)18-6-7-20(26)21(27)13-18/h2-8,10,12-14,26-27H,1,9,11,15H2,(H,25,28). The van der Waals surface area contributed by atoms with Crippen LogP contribution in [0.5, 0.6) is 17.2 Å². The van der Waals surface area contributed by atoms with Crippen LogP contribution < -0.4 is 10.1 Å².